The Labute approximate surface area is 81.3 Å². The van der Waals surface area contributed by atoms with E-state index in [1.54, 1.807) is 6.92 Å². The molecule has 0 aliphatic heterocycles. The molecule has 0 rings (SSSR count). The second kappa shape index (κ2) is 17.6. The Morgan fingerprint density at radius 1 is 1.46 bits per heavy atom. The number of hydrogen-bond acceptors (Lipinski definition) is 4. The van der Waals surface area contributed by atoms with E-state index in [9.17, 15) is 4.79 Å². The van der Waals surface area contributed by atoms with Crippen LogP contribution in [-0.2, 0) is 4.79 Å². The lowest BCUT2D eigenvalue weighted by atomic mass is 10.3. The van der Waals surface area contributed by atoms with E-state index in [-0.39, 0.29) is 18.4 Å². The van der Waals surface area contributed by atoms with Crippen molar-refractivity contribution >= 4 is 5.78 Å². The molecule has 0 heterocycles. The van der Waals surface area contributed by atoms with Crippen molar-refractivity contribution in [3.05, 3.63) is 0 Å². The standard InChI is InChI=1S/C4H9NO.C3H9NO.C2H6/c1-3(5)4(2)6;4-2-1-3-5;1-2/h3H,5H2,1-2H3;5H,1-4H2;1-2H3. The summed E-state index contributed by atoms with van der Waals surface area (Å²) >= 11 is 0. The molecule has 0 aromatic carbocycles. The number of nitrogens with two attached hydrogens (primary N) is 2. The van der Waals surface area contributed by atoms with Gasteiger partial charge in [0.25, 0.3) is 0 Å². The molecule has 0 aliphatic rings. The number of carbonyl (C=O) groups is 1. The molecule has 0 amide bonds. The van der Waals surface area contributed by atoms with Crippen LogP contribution in [-0.4, -0.2) is 30.1 Å². The van der Waals surface area contributed by atoms with Crippen LogP contribution in [0.5, 0.6) is 0 Å². The van der Waals surface area contributed by atoms with Gasteiger partial charge in [0.1, 0.15) is 5.78 Å². The van der Waals surface area contributed by atoms with Gasteiger partial charge in [0, 0.05) is 6.61 Å². The highest BCUT2D eigenvalue weighted by Crippen LogP contribution is 1.72. The van der Waals surface area contributed by atoms with Crippen molar-refractivity contribution in [2.24, 2.45) is 11.5 Å². The quantitative estimate of drug-likeness (QED) is 0.599. The zero-order chi connectivity index (χ0) is 11.3. The summed E-state index contributed by atoms with van der Waals surface area (Å²) in [5, 5.41) is 7.99. The molecule has 1 atom stereocenters. The lowest BCUT2D eigenvalue weighted by Crippen LogP contribution is -2.23. The van der Waals surface area contributed by atoms with Gasteiger partial charge in [-0.3, -0.25) is 4.79 Å². The van der Waals surface area contributed by atoms with Crippen LogP contribution in [0.1, 0.15) is 34.1 Å². The van der Waals surface area contributed by atoms with Crippen LogP contribution in [0.4, 0.5) is 0 Å². The van der Waals surface area contributed by atoms with E-state index < -0.39 is 0 Å². The Bertz CT molecular complexity index is 93.6. The lowest BCUT2D eigenvalue weighted by molar-refractivity contribution is -0.117. The van der Waals surface area contributed by atoms with Gasteiger partial charge in [-0.05, 0) is 26.8 Å². The van der Waals surface area contributed by atoms with Crippen molar-refractivity contribution in [1.82, 2.24) is 0 Å². The molecule has 0 saturated carbocycles. The van der Waals surface area contributed by atoms with Crippen molar-refractivity contribution in [1.29, 1.82) is 0 Å². The van der Waals surface area contributed by atoms with E-state index in [4.69, 9.17) is 16.6 Å². The number of ketones is 1. The smallest absolute Gasteiger partial charge is 0.146 e. The summed E-state index contributed by atoms with van der Waals surface area (Å²) in [5.41, 5.74) is 10.1. The number of hydrogen-bond donors (Lipinski definition) is 3. The maximum Gasteiger partial charge on any atom is 0.146 e. The van der Waals surface area contributed by atoms with Gasteiger partial charge in [-0.2, -0.15) is 0 Å². The summed E-state index contributed by atoms with van der Waals surface area (Å²) in [7, 11) is 0. The normalized spacial score (nSPS) is 10.1. The number of aliphatic hydroxyl groups excluding tert-OH is 1. The third kappa shape index (κ3) is 34.2. The molecule has 0 spiro atoms. The Kier molecular flexibility index (Phi) is 24.8. The van der Waals surface area contributed by atoms with E-state index in [1.165, 1.54) is 6.92 Å². The first-order valence-electron chi connectivity index (χ1n) is 4.63. The minimum atomic E-state index is -0.287. The highest BCUT2D eigenvalue weighted by atomic mass is 16.3. The van der Waals surface area contributed by atoms with Crippen molar-refractivity contribution in [2.75, 3.05) is 13.2 Å². The predicted octanol–water partition coefficient (Wildman–Crippen LogP) is 0.276. The maximum atomic E-state index is 10.0. The number of carbonyl (C=O) groups excluding carboxylic acids is 1. The molecule has 1 unspecified atom stereocenters. The zero-order valence-electron chi connectivity index (χ0n) is 9.21. The highest BCUT2D eigenvalue weighted by molar-refractivity contribution is 5.80. The predicted molar refractivity (Wildman–Crippen MR) is 56.4 cm³/mol. The summed E-state index contributed by atoms with van der Waals surface area (Å²) in [6.45, 7) is 7.96. The van der Waals surface area contributed by atoms with Crippen molar-refractivity contribution in [3.8, 4) is 0 Å². The summed E-state index contributed by atoms with van der Waals surface area (Å²) in [5.74, 6) is 0.0370. The van der Waals surface area contributed by atoms with Crippen LogP contribution in [0.3, 0.4) is 0 Å². The van der Waals surface area contributed by atoms with E-state index in [1.807, 2.05) is 13.8 Å². The Balaban J connectivity index is -0.000000131. The highest BCUT2D eigenvalue weighted by Gasteiger charge is 1.95. The van der Waals surface area contributed by atoms with Crippen LogP contribution in [0, 0.1) is 0 Å². The first kappa shape index (κ1) is 18.4. The van der Waals surface area contributed by atoms with Crippen LogP contribution in [0.2, 0.25) is 0 Å². The van der Waals surface area contributed by atoms with Crippen molar-refractivity contribution < 1.29 is 9.90 Å². The second-order valence-corrected chi connectivity index (χ2v) is 2.27. The molecule has 4 heteroatoms. The average molecular weight is 192 g/mol. The van der Waals surface area contributed by atoms with Gasteiger partial charge >= 0.3 is 0 Å². The molecular weight excluding hydrogens is 168 g/mol. The minimum absolute atomic E-state index is 0.0370. The molecule has 0 aromatic heterocycles. The van der Waals surface area contributed by atoms with Crippen LogP contribution < -0.4 is 11.5 Å². The molecule has 4 nitrogen and oxygen atoms in total. The molecule has 13 heavy (non-hydrogen) atoms. The van der Waals surface area contributed by atoms with Crippen LogP contribution in [0.25, 0.3) is 0 Å². The third-order valence-corrected chi connectivity index (χ3v) is 1.00. The van der Waals surface area contributed by atoms with Gasteiger partial charge < -0.3 is 16.6 Å². The molecule has 0 bridgehead atoms. The van der Waals surface area contributed by atoms with Gasteiger partial charge in [0.05, 0.1) is 6.04 Å². The molecule has 0 aliphatic carbocycles. The van der Waals surface area contributed by atoms with Crippen LogP contribution in [0.15, 0.2) is 0 Å². The Morgan fingerprint density at radius 2 is 1.77 bits per heavy atom. The lowest BCUT2D eigenvalue weighted by Gasteiger charge is -1.91. The fraction of sp³-hybridized carbons (Fsp3) is 0.889. The zero-order valence-corrected chi connectivity index (χ0v) is 9.21. The monoisotopic (exact) mass is 192 g/mol. The summed E-state index contributed by atoms with van der Waals surface area (Å²) in [4.78, 5) is 10.0. The Hall–Kier alpha value is -0.450. The van der Waals surface area contributed by atoms with Crippen molar-refractivity contribution in [2.45, 2.75) is 40.2 Å². The molecule has 0 aromatic rings. The average Bonchev–Trinajstić information content (AvgIpc) is 2.10. The molecule has 0 radical (unpaired) electrons. The number of aliphatic hydroxyl groups is 1. The van der Waals surface area contributed by atoms with Gasteiger partial charge in [-0.1, -0.05) is 13.8 Å². The summed E-state index contributed by atoms with van der Waals surface area (Å²) < 4.78 is 0. The topological polar surface area (TPSA) is 89.3 Å². The maximum absolute atomic E-state index is 10.0. The van der Waals surface area contributed by atoms with Gasteiger partial charge in [0.2, 0.25) is 0 Å². The summed E-state index contributed by atoms with van der Waals surface area (Å²) in [6.07, 6.45) is 0.722. The van der Waals surface area contributed by atoms with Gasteiger partial charge in [-0.15, -0.1) is 0 Å². The minimum Gasteiger partial charge on any atom is -0.396 e. The van der Waals surface area contributed by atoms with E-state index >= 15 is 0 Å². The fourth-order valence-electron chi connectivity index (χ4n) is 0.0913. The van der Waals surface area contributed by atoms with Gasteiger partial charge in [0.15, 0.2) is 0 Å². The van der Waals surface area contributed by atoms with E-state index in [0.29, 0.717) is 6.54 Å². The van der Waals surface area contributed by atoms with E-state index in [2.05, 4.69) is 0 Å². The number of rotatable bonds is 3. The van der Waals surface area contributed by atoms with Gasteiger partial charge in [-0.25, -0.2) is 0 Å². The first-order valence-corrected chi connectivity index (χ1v) is 4.63. The first-order chi connectivity index (χ1) is 6.06. The fourth-order valence-corrected chi connectivity index (χ4v) is 0.0913. The molecule has 0 saturated heterocycles. The second-order valence-electron chi connectivity index (χ2n) is 2.27. The van der Waals surface area contributed by atoms with Crippen LogP contribution >= 0.6 is 0 Å². The molecule has 5 N–H and O–H groups in total. The Morgan fingerprint density at radius 3 is 1.77 bits per heavy atom. The molecule has 0 fully saturated rings. The molecular formula is C9H24N2O2. The van der Waals surface area contributed by atoms with Crippen molar-refractivity contribution in [3.63, 3.8) is 0 Å². The molecule has 82 valence electrons. The SMILES string of the molecule is CC.CC(=O)C(C)N.NCCCO. The largest absolute Gasteiger partial charge is 0.396 e. The van der Waals surface area contributed by atoms with E-state index in [0.717, 1.165) is 6.42 Å². The third-order valence-electron chi connectivity index (χ3n) is 1.00. The number of Topliss-reactive ketones (excluding diaryl/α,β-unsaturated/α-hetero) is 1. The summed E-state index contributed by atoms with van der Waals surface area (Å²) in [6, 6.07) is -0.287.